The maximum Gasteiger partial charge on any atom is 0.257 e. The standard InChI is InChI=1S/C12H15N3OS/c1-13-6-5-11-14-15-12(16-11)10-7-8-3-2-4-9(8)17-10/h7,13H,2-6H2,1H3. The van der Waals surface area contributed by atoms with Gasteiger partial charge in [0, 0.05) is 17.8 Å². The van der Waals surface area contributed by atoms with Crippen molar-refractivity contribution >= 4 is 11.3 Å². The Morgan fingerprint density at radius 3 is 3.18 bits per heavy atom. The third kappa shape index (κ3) is 2.12. The Hall–Kier alpha value is -1.20. The van der Waals surface area contributed by atoms with E-state index >= 15 is 0 Å². The Balaban J connectivity index is 1.80. The highest BCUT2D eigenvalue weighted by Gasteiger charge is 2.18. The van der Waals surface area contributed by atoms with E-state index in [2.05, 4.69) is 21.6 Å². The van der Waals surface area contributed by atoms with E-state index in [1.807, 2.05) is 7.05 Å². The molecule has 0 radical (unpaired) electrons. The SMILES string of the molecule is CNCCc1nnc(-c2cc3c(s2)CCC3)o1. The van der Waals surface area contributed by atoms with Gasteiger partial charge in [-0.3, -0.25) is 0 Å². The fourth-order valence-electron chi connectivity index (χ4n) is 2.12. The highest BCUT2D eigenvalue weighted by atomic mass is 32.1. The summed E-state index contributed by atoms with van der Waals surface area (Å²) >= 11 is 1.80. The van der Waals surface area contributed by atoms with Crippen LogP contribution in [-0.2, 0) is 19.3 Å². The predicted molar refractivity (Wildman–Crippen MR) is 67.3 cm³/mol. The first kappa shape index (κ1) is 10.9. The third-order valence-electron chi connectivity index (χ3n) is 3.01. The van der Waals surface area contributed by atoms with Gasteiger partial charge in [0.05, 0.1) is 4.88 Å². The Morgan fingerprint density at radius 1 is 1.41 bits per heavy atom. The van der Waals surface area contributed by atoms with Crippen LogP contribution in [0.2, 0.25) is 0 Å². The van der Waals surface area contributed by atoms with Crippen LogP contribution in [0.15, 0.2) is 10.5 Å². The van der Waals surface area contributed by atoms with E-state index in [1.54, 1.807) is 11.3 Å². The lowest BCUT2D eigenvalue weighted by molar-refractivity contribution is 0.501. The van der Waals surface area contributed by atoms with Crippen LogP contribution in [0, 0.1) is 0 Å². The predicted octanol–water partition coefficient (Wildman–Crippen LogP) is 2.05. The number of thiophene rings is 1. The zero-order valence-electron chi connectivity index (χ0n) is 9.82. The van der Waals surface area contributed by atoms with Crippen LogP contribution in [-0.4, -0.2) is 23.8 Å². The molecule has 0 fully saturated rings. The number of aromatic nitrogens is 2. The molecule has 2 aromatic rings. The molecule has 1 aliphatic rings. The monoisotopic (exact) mass is 249 g/mol. The van der Waals surface area contributed by atoms with Crippen LogP contribution in [0.25, 0.3) is 10.8 Å². The molecule has 0 aliphatic heterocycles. The fraction of sp³-hybridized carbons (Fsp3) is 0.500. The van der Waals surface area contributed by atoms with E-state index in [1.165, 1.54) is 29.7 Å². The second-order valence-electron chi connectivity index (χ2n) is 4.27. The summed E-state index contributed by atoms with van der Waals surface area (Å²) in [5.74, 6) is 1.39. The molecule has 0 amide bonds. The summed E-state index contributed by atoms with van der Waals surface area (Å²) in [6.07, 6.45) is 4.49. The smallest absolute Gasteiger partial charge is 0.257 e. The second-order valence-corrected chi connectivity index (χ2v) is 5.40. The van der Waals surface area contributed by atoms with Gasteiger partial charge in [0.25, 0.3) is 5.89 Å². The number of hydrogen-bond acceptors (Lipinski definition) is 5. The highest BCUT2D eigenvalue weighted by molar-refractivity contribution is 7.15. The molecule has 3 rings (SSSR count). The maximum atomic E-state index is 5.66. The molecule has 0 saturated carbocycles. The zero-order chi connectivity index (χ0) is 11.7. The van der Waals surface area contributed by atoms with E-state index in [9.17, 15) is 0 Å². The van der Waals surface area contributed by atoms with Gasteiger partial charge in [-0.05, 0) is 37.9 Å². The summed E-state index contributed by atoms with van der Waals surface area (Å²) in [7, 11) is 1.92. The Labute approximate surface area is 104 Å². The molecule has 0 unspecified atom stereocenters. The van der Waals surface area contributed by atoms with Crippen molar-refractivity contribution in [1.29, 1.82) is 0 Å². The molecule has 2 aromatic heterocycles. The molecule has 2 heterocycles. The number of hydrogen-bond donors (Lipinski definition) is 1. The molecule has 4 nitrogen and oxygen atoms in total. The van der Waals surface area contributed by atoms with E-state index < -0.39 is 0 Å². The van der Waals surface area contributed by atoms with Gasteiger partial charge in [0.1, 0.15) is 0 Å². The van der Waals surface area contributed by atoms with Gasteiger partial charge in [-0.15, -0.1) is 21.5 Å². The zero-order valence-corrected chi connectivity index (χ0v) is 10.6. The molecule has 1 aliphatic carbocycles. The number of aryl methyl sites for hydroxylation is 2. The van der Waals surface area contributed by atoms with Crippen molar-refractivity contribution in [3.05, 3.63) is 22.4 Å². The second kappa shape index (κ2) is 4.58. The minimum Gasteiger partial charge on any atom is -0.420 e. The number of nitrogens with zero attached hydrogens (tertiary/aromatic N) is 2. The first-order chi connectivity index (χ1) is 8.36. The third-order valence-corrected chi connectivity index (χ3v) is 4.24. The lowest BCUT2D eigenvalue weighted by Gasteiger charge is -1.92. The van der Waals surface area contributed by atoms with E-state index in [-0.39, 0.29) is 0 Å². The Morgan fingerprint density at radius 2 is 2.35 bits per heavy atom. The van der Waals surface area contributed by atoms with Gasteiger partial charge in [0.2, 0.25) is 5.89 Å². The van der Waals surface area contributed by atoms with Crippen molar-refractivity contribution < 1.29 is 4.42 Å². The van der Waals surface area contributed by atoms with Gasteiger partial charge >= 0.3 is 0 Å². The maximum absolute atomic E-state index is 5.66. The number of rotatable bonds is 4. The van der Waals surface area contributed by atoms with Crippen molar-refractivity contribution in [2.75, 3.05) is 13.6 Å². The molecule has 0 aromatic carbocycles. The molecule has 17 heavy (non-hydrogen) atoms. The summed E-state index contributed by atoms with van der Waals surface area (Å²) in [6.45, 7) is 0.864. The molecule has 0 atom stereocenters. The van der Waals surface area contributed by atoms with Crippen LogP contribution < -0.4 is 5.32 Å². The fourth-order valence-corrected chi connectivity index (χ4v) is 3.30. The molecule has 0 spiro atoms. The van der Waals surface area contributed by atoms with Crippen molar-refractivity contribution in [3.63, 3.8) is 0 Å². The lowest BCUT2D eigenvalue weighted by Crippen LogP contribution is -2.10. The van der Waals surface area contributed by atoms with Crippen LogP contribution >= 0.6 is 11.3 Å². The molecule has 0 bridgehead atoms. The average Bonchev–Trinajstić information content (AvgIpc) is 3.00. The van der Waals surface area contributed by atoms with Crippen molar-refractivity contribution in [2.45, 2.75) is 25.7 Å². The van der Waals surface area contributed by atoms with Gasteiger partial charge in [0.15, 0.2) is 0 Å². The van der Waals surface area contributed by atoms with Gasteiger partial charge in [-0.1, -0.05) is 0 Å². The summed E-state index contributed by atoms with van der Waals surface area (Å²) in [5.41, 5.74) is 1.47. The van der Waals surface area contributed by atoms with Crippen molar-refractivity contribution in [3.8, 4) is 10.8 Å². The average molecular weight is 249 g/mol. The molecule has 5 heteroatoms. The van der Waals surface area contributed by atoms with Gasteiger partial charge in [-0.2, -0.15) is 0 Å². The topological polar surface area (TPSA) is 51.0 Å². The quantitative estimate of drug-likeness (QED) is 0.901. The largest absolute Gasteiger partial charge is 0.420 e. The minimum absolute atomic E-state index is 0.676. The Bertz CT molecular complexity index is 496. The van der Waals surface area contributed by atoms with Gasteiger partial charge < -0.3 is 9.73 Å². The summed E-state index contributed by atoms with van der Waals surface area (Å²) in [6, 6.07) is 2.21. The molecule has 1 N–H and O–H groups in total. The van der Waals surface area contributed by atoms with Crippen molar-refractivity contribution in [1.82, 2.24) is 15.5 Å². The molecule has 90 valence electrons. The molecule has 0 saturated heterocycles. The van der Waals surface area contributed by atoms with Crippen LogP contribution in [0.1, 0.15) is 22.8 Å². The lowest BCUT2D eigenvalue weighted by atomic mass is 10.2. The van der Waals surface area contributed by atoms with Crippen LogP contribution in [0.5, 0.6) is 0 Å². The summed E-state index contributed by atoms with van der Waals surface area (Å²) < 4.78 is 5.66. The highest BCUT2D eigenvalue weighted by Crippen LogP contribution is 2.35. The minimum atomic E-state index is 0.676. The number of likely N-dealkylation sites (N-methyl/N-ethyl adjacent to an activating group) is 1. The van der Waals surface area contributed by atoms with Crippen LogP contribution in [0.4, 0.5) is 0 Å². The van der Waals surface area contributed by atoms with Crippen LogP contribution in [0.3, 0.4) is 0 Å². The van der Waals surface area contributed by atoms with Crippen molar-refractivity contribution in [2.24, 2.45) is 0 Å². The van der Waals surface area contributed by atoms with E-state index in [0.29, 0.717) is 11.8 Å². The molecular formula is C12H15N3OS. The Kier molecular flexibility index (Phi) is 2.94. The van der Waals surface area contributed by atoms with Gasteiger partial charge in [-0.25, -0.2) is 0 Å². The number of fused-ring (bicyclic) bond motifs is 1. The first-order valence-corrected chi connectivity index (χ1v) is 6.77. The normalized spacial score (nSPS) is 14.2. The van der Waals surface area contributed by atoms with E-state index in [0.717, 1.165) is 17.8 Å². The van der Waals surface area contributed by atoms with E-state index in [4.69, 9.17) is 4.42 Å². The summed E-state index contributed by atoms with van der Waals surface area (Å²) in [4.78, 5) is 2.62. The molecular weight excluding hydrogens is 234 g/mol. The first-order valence-electron chi connectivity index (χ1n) is 5.96. The summed E-state index contributed by atoms with van der Waals surface area (Å²) in [5, 5.41) is 11.3. The number of nitrogens with one attached hydrogen (secondary N) is 1.